The second-order valence-corrected chi connectivity index (χ2v) is 11.1. The molecule has 1 fully saturated rings. The fourth-order valence-corrected chi connectivity index (χ4v) is 6.33. The first kappa shape index (κ1) is 25.2. The van der Waals surface area contributed by atoms with Gasteiger partial charge in [0.25, 0.3) is 0 Å². The van der Waals surface area contributed by atoms with Crippen molar-refractivity contribution in [3.8, 4) is 5.75 Å². The van der Waals surface area contributed by atoms with E-state index in [-0.39, 0.29) is 23.5 Å². The summed E-state index contributed by atoms with van der Waals surface area (Å²) in [7, 11) is -1.69. The number of ether oxygens (including phenoxy) is 2. The Balaban J connectivity index is 1.91. The van der Waals surface area contributed by atoms with Crippen LogP contribution in [-0.2, 0) is 14.8 Å². The summed E-state index contributed by atoms with van der Waals surface area (Å²) < 4.78 is 40.3. The molecular weight excluding hydrogens is 428 g/mol. The Labute approximate surface area is 193 Å². The topological polar surface area (TPSA) is 79.3 Å². The van der Waals surface area contributed by atoms with E-state index < -0.39 is 16.1 Å². The highest BCUT2D eigenvalue weighted by Crippen LogP contribution is 2.34. The Bertz CT molecular complexity index is 882. The van der Waals surface area contributed by atoms with Crippen LogP contribution in [-0.4, -0.2) is 81.4 Å². The number of sulfonamides is 1. The Hall–Kier alpha value is -1.45. The summed E-state index contributed by atoms with van der Waals surface area (Å²) in [6.07, 6.45) is 5.81. The van der Waals surface area contributed by atoms with Gasteiger partial charge in [-0.2, -0.15) is 4.31 Å². The van der Waals surface area contributed by atoms with Crippen LogP contribution in [0.4, 0.5) is 0 Å². The van der Waals surface area contributed by atoms with Gasteiger partial charge in [-0.1, -0.05) is 25.1 Å². The van der Waals surface area contributed by atoms with Crippen LogP contribution in [0.15, 0.2) is 29.2 Å². The summed E-state index contributed by atoms with van der Waals surface area (Å²) >= 11 is 0. The zero-order chi connectivity index (χ0) is 23.3. The number of benzene rings is 1. The molecule has 0 unspecified atom stereocenters. The average molecular weight is 467 g/mol. The second kappa shape index (κ2) is 11.1. The first-order chi connectivity index (χ1) is 15.3. The van der Waals surface area contributed by atoms with Gasteiger partial charge in [0.1, 0.15) is 16.7 Å². The van der Waals surface area contributed by atoms with Gasteiger partial charge < -0.3 is 19.5 Å². The molecule has 3 rings (SSSR count). The number of hydrogen-bond acceptors (Lipinski definition) is 6. The van der Waals surface area contributed by atoms with Crippen molar-refractivity contribution in [2.75, 3.05) is 46.5 Å². The van der Waals surface area contributed by atoms with E-state index in [0.717, 1.165) is 38.2 Å². The summed E-state index contributed by atoms with van der Waals surface area (Å²) in [6, 6.07) is 4.71. The van der Waals surface area contributed by atoms with Crippen molar-refractivity contribution in [1.29, 1.82) is 0 Å². The molecule has 1 N–H and O–H groups in total. The first-order valence-electron chi connectivity index (χ1n) is 11.6. The lowest BCUT2D eigenvalue weighted by Gasteiger charge is -2.38. The Kier molecular flexibility index (Phi) is 8.75. The maximum atomic E-state index is 13.5. The number of rotatable bonds is 7. The van der Waals surface area contributed by atoms with E-state index in [4.69, 9.17) is 9.47 Å². The minimum Gasteiger partial charge on any atom is -0.487 e. The smallest absolute Gasteiger partial charge is 0.247 e. The molecule has 0 spiro atoms. The largest absolute Gasteiger partial charge is 0.487 e. The molecular formula is C24H38N2O5S. The molecule has 0 aliphatic carbocycles. The zero-order valence-corrected chi connectivity index (χ0v) is 20.6. The molecule has 0 bridgehead atoms. The summed E-state index contributed by atoms with van der Waals surface area (Å²) in [4.78, 5) is 2.46. The molecule has 0 aromatic heterocycles. The predicted octanol–water partition coefficient (Wildman–Crippen LogP) is 2.85. The van der Waals surface area contributed by atoms with Gasteiger partial charge in [0.2, 0.25) is 10.0 Å². The summed E-state index contributed by atoms with van der Waals surface area (Å²) in [5.74, 6) is 0.943. The lowest BCUT2D eigenvalue weighted by atomic mass is 9.98. The van der Waals surface area contributed by atoms with Gasteiger partial charge in [0.15, 0.2) is 0 Å². The monoisotopic (exact) mass is 466 g/mol. The Morgan fingerprint density at radius 2 is 2.00 bits per heavy atom. The van der Waals surface area contributed by atoms with Gasteiger partial charge >= 0.3 is 0 Å². The van der Waals surface area contributed by atoms with Crippen molar-refractivity contribution in [3.63, 3.8) is 0 Å². The van der Waals surface area contributed by atoms with Crippen LogP contribution in [0.2, 0.25) is 0 Å². The van der Waals surface area contributed by atoms with Gasteiger partial charge in [-0.25, -0.2) is 8.42 Å². The van der Waals surface area contributed by atoms with Crippen molar-refractivity contribution >= 4 is 16.1 Å². The highest BCUT2D eigenvalue weighted by molar-refractivity contribution is 7.89. The minimum absolute atomic E-state index is 0.0468. The number of aliphatic hydroxyl groups excluding tert-OH is 1. The van der Waals surface area contributed by atoms with Gasteiger partial charge in [-0.05, 0) is 57.4 Å². The van der Waals surface area contributed by atoms with Crippen LogP contribution in [0.3, 0.4) is 0 Å². The lowest BCUT2D eigenvalue weighted by molar-refractivity contribution is 0.0402. The lowest BCUT2D eigenvalue weighted by Crippen LogP contribution is -2.50. The molecule has 2 aliphatic heterocycles. The van der Waals surface area contributed by atoms with E-state index >= 15 is 0 Å². The van der Waals surface area contributed by atoms with Gasteiger partial charge in [0.05, 0.1) is 6.61 Å². The first-order valence-corrected chi connectivity index (χ1v) is 13.0. The fraction of sp³-hybridized carbons (Fsp3) is 0.667. The highest BCUT2D eigenvalue weighted by Gasteiger charge is 2.38. The second-order valence-electron chi connectivity index (χ2n) is 9.22. The number of likely N-dealkylation sites (N-methyl/N-ethyl adjacent to an activating group) is 1. The predicted molar refractivity (Wildman–Crippen MR) is 126 cm³/mol. The van der Waals surface area contributed by atoms with Gasteiger partial charge in [0, 0.05) is 44.8 Å². The third-order valence-electron chi connectivity index (χ3n) is 6.45. The maximum absolute atomic E-state index is 13.5. The van der Waals surface area contributed by atoms with Crippen molar-refractivity contribution in [2.45, 2.75) is 50.7 Å². The van der Waals surface area contributed by atoms with Crippen molar-refractivity contribution < 1.29 is 23.0 Å². The molecule has 1 aromatic carbocycles. The molecule has 2 aliphatic rings. The van der Waals surface area contributed by atoms with Crippen LogP contribution in [0.5, 0.6) is 5.75 Å². The third kappa shape index (κ3) is 5.91. The van der Waals surface area contributed by atoms with Gasteiger partial charge in [-0.3, -0.25) is 0 Å². The molecule has 2 heterocycles. The van der Waals surface area contributed by atoms with Crippen molar-refractivity contribution in [3.05, 3.63) is 29.8 Å². The van der Waals surface area contributed by atoms with E-state index in [0.29, 0.717) is 24.8 Å². The highest BCUT2D eigenvalue weighted by atomic mass is 32.2. The minimum atomic E-state index is -3.80. The van der Waals surface area contributed by atoms with E-state index in [1.807, 2.05) is 26.0 Å². The molecule has 0 radical (unpaired) electrons. The third-order valence-corrected chi connectivity index (χ3v) is 8.47. The summed E-state index contributed by atoms with van der Waals surface area (Å²) in [6.45, 7) is 9.08. The Morgan fingerprint density at radius 1 is 1.28 bits per heavy atom. The maximum Gasteiger partial charge on any atom is 0.247 e. The van der Waals surface area contributed by atoms with Crippen molar-refractivity contribution in [1.82, 2.24) is 9.21 Å². The number of hydrogen-bond donors (Lipinski definition) is 1. The number of nitrogens with zero attached hydrogens (tertiary/aromatic N) is 2. The number of allylic oxidation sites excluding steroid dienone is 1. The summed E-state index contributed by atoms with van der Waals surface area (Å²) in [5.41, 5.74) is 0.894. The quantitative estimate of drug-likeness (QED) is 0.666. The molecule has 7 nitrogen and oxygen atoms in total. The molecule has 8 heteroatoms. The average Bonchev–Trinajstić information content (AvgIpc) is 2.76. The Morgan fingerprint density at radius 3 is 2.66 bits per heavy atom. The van der Waals surface area contributed by atoms with Crippen LogP contribution >= 0.6 is 0 Å². The SMILES string of the molecule is C/C=C/c1ccc2c(c1)O[C@H](CN(C)CC1CCOCC1)[C@@H](C)CN([C@H](C)CO)S2(=O)=O. The zero-order valence-electron chi connectivity index (χ0n) is 19.7. The molecule has 0 amide bonds. The fourth-order valence-electron chi connectivity index (χ4n) is 4.51. The molecule has 3 atom stereocenters. The normalized spacial score (nSPS) is 25.8. The molecule has 1 saturated heterocycles. The summed E-state index contributed by atoms with van der Waals surface area (Å²) in [5, 5.41) is 9.76. The standard InChI is InChI=1S/C24H38N2O5S/c1-5-6-20-7-8-24-22(13-20)31-23(16-25(4)15-21-9-11-30-12-10-21)18(2)14-26(19(3)17-27)32(24,28)29/h5-8,13,18-19,21,23,27H,9-12,14-17H2,1-4H3/b6-5+/t18-,19+,23+/m0/s1. The van der Waals surface area contributed by atoms with Crippen molar-refractivity contribution in [2.24, 2.45) is 11.8 Å². The number of fused-ring (bicyclic) bond motifs is 1. The molecule has 0 saturated carbocycles. The number of aliphatic hydroxyl groups is 1. The van der Waals surface area contributed by atoms with E-state index in [1.54, 1.807) is 25.1 Å². The van der Waals surface area contributed by atoms with Crippen LogP contribution in [0, 0.1) is 11.8 Å². The van der Waals surface area contributed by atoms with Gasteiger partial charge in [-0.15, -0.1) is 0 Å². The molecule has 32 heavy (non-hydrogen) atoms. The van der Waals surface area contributed by atoms with Crippen LogP contribution in [0.1, 0.15) is 39.2 Å². The molecule has 180 valence electrons. The van der Waals surface area contributed by atoms with Crippen LogP contribution < -0.4 is 4.74 Å². The molecule has 1 aromatic rings. The van der Waals surface area contributed by atoms with E-state index in [9.17, 15) is 13.5 Å². The van der Waals surface area contributed by atoms with E-state index in [1.165, 1.54) is 4.31 Å². The van der Waals surface area contributed by atoms with E-state index in [2.05, 4.69) is 11.9 Å². The van der Waals surface area contributed by atoms with Crippen LogP contribution in [0.25, 0.3) is 6.08 Å².